The summed E-state index contributed by atoms with van der Waals surface area (Å²) in [6, 6.07) is 10.2. The van der Waals surface area contributed by atoms with Crippen molar-refractivity contribution in [1.29, 1.82) is 0 Å². The van der Waals surface area contributed by atoms with Crippen LogP contribution in [0.2, 0.25) is 0 Å². The summed E-state index contributed by atoms with van der Waals surface area (Å²) in [6.07, 6.45) is 18.6. The van der Waals surface area contributed by atoms with E-state index in [4.69, 9.17) is 10.9 Å². The van der Waals surface area contributed by atoms with E-state index in [-0.39, 0.29) is 23.7 Å². The highest BCUT2D eigenvalue weighted by Crippen LogP contribution is 2.31. The quantitative estimate of drug-likeness (QED) is 0.140. The molecule has 5 nitrogen and oxygen atoms in total. The smallest absolute Gasteiger partial charge is 0.227 e. The summed E-state index contributed by atoms with van der Waals surface area (Å²) >= 11 is 1.14. The minimum absolute atomic E-state index is 0.00448. The third-order valence-corrected chi connectivity index (χ3v) is 8.82. The van der Waals surface area contributed by atoms with Gasteiger partial charge in [-0.2, -0.15) is 0 Å². The summed E-state index contributed by atoms with van der Waals surface area (Å²) in [6.45, 7) is 20.5. The van der Waals surface area contributed by atoms with Gasteiger partial charge in [0.05, 0.1) is 5.03 Å². The molecule has 1 aliphatic rings. The molecule has 5 N–H and O–H groups in total. The van der Waals surface area contributed by atoms with E-state index < -0.39 is 0 Å². The lowest BCUT2D eigenvalue weighted by molar-refractivity contribution is -0.124. The number of hydrogen-bond donors (Lipinski definition) is 3. The Morgan fingerprint density at radius 3 is 1.95 bits per heavy atom. The van der Waals surface area contributed by atoms with Gasteiger partial charge in [0.2, 0.25) is 11.8 Å². The van der Waals surface area contributed by atoms with E-state index in [1.165, 1.54) is 51.4 Å². The van der Waals surface area contributed by atoms with Crippen LogP contribution < -0.4 is 16.2 Å². The molecule has 2 rings (SSSR count). The first-order valence-electron chi connectivity index (χ1n) is 17.4. The van der Waals surface area contributed by atoms with Crippen LogP contribution in [-0.4, -0.2) is 11.8 Å². The van der Waals surface area contributed by atoms with Crippen LogP contribution in [-0.2, 0) is 9.59 Å². The Morgan fingerprint density at radius 1 is 0.932 bits per heavy atom. The van der Waals surface area contributed by atoms with Crippen molar-refractivity contribution in [3.05, 3.63) is 53.1 Å². The molecule has 0 heterocycles. The van der Waals surface area contributed by atoms with E-state index in [9.17, 15) is 9.59 Å². The maximum Gasteiger partial charge on any atom is 0.227 e. The molecule has 3 atom stereocenters. The zero-order valence-electron chi connectivity index (χ0n) is 30.1. The van der Waals surface area contributed by atoms with Gasteiger partial charge in [-0.15, -0.1) is 0 Å². The van der Waals surface area contributed by atoms with Crippen LogP contribution in [0.1, 0.15) is 145 Å². The molecule has 254 valence electrons. The number of nitrogens with two attached hydrogens (primary N) is 2. The molecule has 1 aliphatic carbocycles. The normalized spacial score (nSPS) is 15.7. The Labute approximate surface area is 277 Å². The molecule has 2 amide bonds. The number of carbonyl (C=O) groups is 2. The van der Waals surface area contributed by atoms with E-state index in [0.29, 0.717) is 5.92 Å². The van der Waals surface area contributed by atoms with Crippen LogP contribution in [0.3, 0.4) is 0 Å². The summed E-state index contributed by atoms with van der Waals surface area (Å²) in [7, 11) is 0. The highest BCUT2D eigenvalue weighted by molar-refractivity contribution is 8.01. The fourth-order valence-corrected chi connectivity index (χ4v) is 5.32. The summed E-state index contributed by atoms with van der Waals surface area (Å²) < 4.78 is 0. The fourth-order valence-electron chi connectivity index (χ4n) is 4.72. The Hall–Kier alpha value is -2.05. The van der Waals surface area contributed by atoms with Gasteiger partial charge in [-0.1, -0.05) is 156 Å². The van der Waals surface area contributed by atoms with Crippen LogP contribution >= 0.6 is 11.9 Å². The van der Waals surface area contributed by atoms with Crippen molar-refractivity contribution in [1.82, 2.24) is 5.32 Å². The molecule has 1 fully saturated rings. The second-order valence-electron chi connectivity index (χ2n) is 12.2. The number of hydrogen-bond acceptors (Lipinski definition) is 4. The SMILES string of the molecule is C/C=C/CC1CCCCC1.CC.CC(C)C(N)=O.CCC(C)CCCC(C)C(=O)N/C(SN)=C(\c1ccccc1)C(C)CC. The maximum absolute atomic E-state index is 12.7. The molecule has 0 aliphatic heterocycles. The Morgan fingerprint density at radius 2 is 1.50 bits per heavy atom. The van der Waals surface area contributed by atoms with Crippen LogP contribution in [0, 0.1) is 29.6 Å². The fraction of sp³-hybridized carbons (Fsp3) is 0.684. The zero-order chi connectivity index (χ0) is 33.9. The molecule has 6 heteroatoms. The minimum atomic E-state index is -0.241. The molecule has 0 aromatic heterocycles. The largest absolute Gasteiger partial charge is 0.369 e. The first kappa shape index (κ1) is 44.1. The average Bonchev–Trinajstić information content (AvgIpc) is 3.05. The molecular weight excluding hydrogens is 563 g/mol. The molecule has 0 radical (unpaired) electrons. The van der Waals surface area contributed by atoms with Crippen molar-refractivity contribution in [2.75, 3.05) is 0 Å². The van der Waals surface area contributed by atoms with Gasteiger partial charge in [0, 0.05) is 11.8 Å². The van der Waals surface area contributed by atoms with E-state index in [0.717, 1.165) is 59.2 Å². The molecular formula is C38H69N3O2S. The molecule has 0 saturated heterocycles. The lowest BCUT2D eigenvalue weighted by Gasteiger charge is -2.21. The molecule has 1 aromatic carbocycles. The predicted octanol–water partition coefficient (Wildman–Crippen LogP) is 10.7. The average molecular weight is 632 g/mol. The number of carbonyl (C=O) groups excluding carboxylic acids is 2. The van der Waals surface area contributed by atoms with Gasteiger partial charge in [0.25, 0.3) is 0 Å². The van der Waals surface area contributed by atoms with Gasteiger partial charge < -0.3 is 11.1 Å². The van der Waals surface area contributed by atoms with Crippen LogP contribution in [0.15, 0.2) is 47.5 Å². The van der Waals surface area contributed by atoms with Crippen LogP contribution in [0.5, 0.6) is 0 Å². The van der Waals surface area contributed by atoms with E-state index >= 15 is 0 Å². The third kappa shape index (κ3) is 20.8. The highest BCUT2D eigenvalue weighted by atomic mass is 32.2. The lowest BCUT2D eigenvalue weighted by atomic mass is 9.87. The maximum atomic E-state index is 12.7. The number of nitrogens with one attached hydrogen (secondary N) is 1. The number of rotatable bonds is 14. The van der Waals surface area contributed by atoms with Gasteiger partial charge >= 0.3 is 0 Å². The Kier molecular flexibility index (Phi) is 28.5. The van der Waals surface area contributed by atoms with Gasteiger partial charge in [0.15, 0.2) is 0 Å². The Bertz CT molecular complexity index is 908. The van der Waals surface area contributed by atoms with Gasteiger partial charge in [0.1, 0.15) is 0 Å². The number of allylic oxidation sites excluding steroid dienone is 3. The lowest BCUT2D eigenvalue weighted by Crippen LogP contribution is -2.29. The van der Waals surface area contributed by atoms with Gasteiger partial charge in [-0.05, 0) is 67.0 Å². The van der Waals surface area contributed by atoms with Crippen molar-refractivity contribution >= 4 is 29.3 Å². The first-order chi connectivity index (χ1) is 21.0. The molecule has 0 spiro atoms. The highest BCUT2D eigenvalue weighted by Gasteiger charge is 2.20. The van der Waals surface area contributed by atoms with Crippen molar-refractivity contribution in [3.63, 3.8) is 0 Å². The Balaban J connectivity index is 0. The van der Waals surface area contributed by atoms with E-state index in [2.05, 4.69) is 64.2 Å². The van der Waals surface area contributed by atoms with Crippen molar-refractivity contribution in [2.24, 2.45) is 40.5 Å². The number of primary amides is 1. The van der Waals surface area contributed by atoms with Gasteiger partial charge in [-0.25, -0.2) is 0 Å². The summed E-state index contributed by atoms with van der Waals surface area (Å²) in [4.78, 5) is 22.6. The van der Waals surface area contributed by atoms with E-state index in [1.54, 1.807) is 13.8 Å². The van der Waals surface area contributed by atoms with Crippen LogP contribution in [0.4, 0.5) is 0 Å². The number of amides is 2. The topological polar surface area (TPSA) is 98.2 Å². The van der Waals surface area contributed by atoms with E-state index in [1.807, 2.05) is 39.0 Å². The standard InChI is InChI=1S/C22H36N2OS.C10H18.C4H9NO.C2H6/c1-6-16(3)12-11-13-18(5)21(25)24-22(26-23)20(17(4)7-2)19-14-9-8-10-15-19;1-2-3-7-10-8-5-4-6-9-10;1-3(2)4(5)6;1-2/h8-10,14-18H,6-7,11-13,23H2,1-5H3,(H,24,25);2-3,10H,4-9H2,1H3;3H,1-2H3,(H2,5,6);1-2H3/b22-20+;3-2+;;. The van der Waals surface area contributed by atoms with Crippen molar-refractivity contribution in [3.8, 4) is 0 Å². The molecule has 3 unspecified atom stereocenters. The second-order valence-corrected chi connectivity index (χ2v) is 12.9. The van der Waals surface area contributed by atoms with Gasteiger partial charge in [-0.3, -0.25) is 14.7 Å². The summed E-state index contributed by atoms with van der Waals surface area (Å²) in [5.74, 6) is 1.89. The summed E-state index contributed by atoms with van der Waals surface area (Å²) in [5, 5.41) is 9.85. The molecule has 44 heavy (non-hydrogen) atoms. The molecule has 1 saturated carbocycles. The summed E-state index contributed by atoms with van der Waals surface area (Å²) in [5.41, 5.74) is 7.05. The third-order valence-electron chi connectivity index (χ3n) is 8.27. The first-order valence-corrected chi connectivity index (χ1v) is 18.3. The van der Waals surface area contributed by atoms with Crippen molar-refractivity contribution < 1.29 is 9.59 Å². The van der Waals surface area contributed by atoms with Crippen LogP contribution in [0.25, 0.3) is 5.57 Å². The van der Waals surface area contributed by atoms with Crippen molar-refractivity contribution in [2.45, 2.75) is 140 Å². The number of benzene rings is 1. The molecule has 0 bridgehead atoms. The zero-order valence-corrected chi connectivity index (χ0v) is 30.9. The minimum Gasteiger partial charge on any atom is -0.369 e. The second kappa shape index (κ2) is 28.4. The predicted molar refractivity (Wildman–Crippen MR) is 197 cm³/mol. The molecule has 1 aromatic rings. The monoisotopic (exact) mass is 632 g/mol.